The zero-order chi connectivity index (χ0) is 16.2. The molecule has 122 valence electrons. The molecule has 0 spiro atoms. The van der Waals surface area contributed by atoms with Crippen LogP contribution in [0.5, 0.6) is 0 Å². The lowest BCUT2D eigenvalue weighted by Gasteiger charge is -2.25. The summed E-state index contributed by atoms with van der Waals surface area (Å²) in [6.07, 6.45) is -1.64. The van der Waals surface area contributed by atoms with Crippen molar-refractivity contribution in [1.82, 2.24) is 4.90 Å². The van der Waals surface area contributed by atoms with E-state index in [4.69, 9.17) is 5.11 Å². The molecule has 1 fully saturated rings. The molecule has 1 atom stereocenters. The zero-order valence-electron chi connectivity index (χ0n) is 12.1. The first kappa shape index (κ1) is 16.6. The van der Waals surface area contributed by atoms with Crippen molar-refractivity contribution in [3.63, 3.8) is 0 Å². The van der Waals surface area contributed by atoms with Crippen molar-refractivity contribution in [2.75, 3.05) is 18.5 Å². The number of rotatable bonds is 4. The van der Waals surface area contributed by atoms with Crippen molar-refractivity contribution < 1.29 is 23.1 Å². The van der Waals surface area contributed by atoms with Crippen LogP contribution in [0.4, 0.5) is 23.7 Å². The maximum atomic E-state index is 12.9. The van der Waals surface area contributed by atoms with Gasteiger partial charge < -0.3 is 15.3 Å². The molecule has 0 radical (unpaired) electrons. The molecule has 1 aliphatic heterocycles. The number of amides is 2. The van der Waals surface area contributed by atoms with Crippen molar-refractivity contribution in [2.24, 2.45) is 0 Å². The standard InChI is InChI=1S/C15H19F3N2O2/c16-15(17,18)12-7-1-2-8-13(12)19-14(22)20-9-3-5-11(20)6-4-10-21/h1-2,7-8,11,21H,3-6,9-10H2,(H,19,22). The molecule has 0 saturated carbocycles. The fourth-order valence-corrected chi connectivity index (χ4v) is 2.76. The summed E-state index contributed by atoms with van der Waals surface area (Å²) in [5.41, 5.74) is -1.08. The van der Waals surface area contributed by atoms with Crippen LogP contribution in [0.15, 0.2) is 24.3 Å². The van der Waals surface area contributed by atoms with Crippen LogP contribution in [0.1, 0.15) is 31.2 Å². The molecule has 4 nitrogen and oxygen atoms in total. The summed E-state index contributed by atoms with van der Waals surface area (Å²) in [5, 5.41) is 11.2. The minimum atomic E-state index is -4.51. The predicted octanol–water partition coefficient (Wildman–Crippen LogP) is 3.47. The van der Waals surface area contributed by atoms with Crippen molar-refractivity contribution in [2.45, 2.75) is 37.9 Å². The van der Waals surface area contributed by atoms with Crippen molar-refractivity contribution in [3.05, 3.63) is 29.8 Å². The average Bonchev–Trinajstić information content (AvgIpc) is 2.93. The fraction of sp³-hybridized carbons (Fsp3) is 0.533. The maximum absolute atomic E-state index is 12.9. The Labute approximate surface area is 126 Å². The number of carbonyl (C=O) groups excluding carboxylic acids is 1. The van der Waals surface area contributed by atoms with E-state index >= 15 is 0 Å². The number of carbonyl (C=O) groups is 1. The third-order valence-electron chi connectivity index (χ3n) is 3.81. The number of nitrogens with zero attached hydrogens (tertiary/aromatic N) is 1. The van der Waals surface area contributed by atoms with Gasteiger partial charge in [-0.25, -0.2) is 4.79 Å². The first-order valence-electron chi connectivity index (χ1n) is 7.28. The number of anilines is 1. The van der Waals surface area contributed by atoms with Crippen LogP contribution in [0.3, 0.4) is 0 Å². The second kappa shape index (κ2) is 7.00. The summed E-state index contributed by atoms with van der Waals surface area (Å²) in [6.45, 7) is 0.568. The third-order valence-corrected chi connectivity index (χ3v) is 3.81. The van der Waals surface area contributed by atoms with Gasteiger partial charge in [-0.3, -0.25) is 0 Å². The van der Waals surface area contributed by atoms with Crippen LogP contribution in [0.25, 0.3) is 0 Å². The molecule has 2 rings (SSSR count). The quantitative estimate of drug-likeness (QED) is 0.893. The minimum absolute atomic E-state index is 0.0230. The number of hydrogen-bond donors (Lipinski definition) is 2. The average molecular weight is 316 g/mol. The molecule has 7 heteroatoms. The number of benzene rings is 1. The van der Waals surface area contributed by atoms with E-state index in [1.165, 1.54) is 18.2 Å². The Morgan fingerprint density at radius 3 is 2.77 bits per heavy atom. The molecule has 2 amide bonds. The Hall–Kier alpha value is -1.76. The molecule has 1 aromatic rings. The first-order chi connectivity index (χ1) is 10.4. The van der Waals surface area contributed by atoms with E-state index in [9.17, 15) is 18.0 Å². The van der Waals surface area contributed by atoms with Crippen LogP contribution in [0, 0.1) is 0 Å². The lowest BCUT2D eigenvalue weighted by atomic mass is 10.1. The van der Waals surface area contributed by atoms with E-state index in [-0.39, 0.29) is 18.3 Å². The molecule has 1 aliphatic rings. The number of halogens is 3. The number of hydrogen-bond acceptors (Lipinski definition) is 2. The van der Waals surface area contributed by atoms with E-state index in [1.54, 1.807) is 4.90 Å². The number of aliphatic hydroxyl groups is 1. The van der Waals surface area contributed by atoms with Gasteiger partial charge in [0.05, 0.1) is 11.3 Å². The van der Waals surface area contributed by atoms with Gasteiger partial charge in [-0.15, -0.1) is 0 Å². The second-order valence-corrected chi connectivity index (χ2v) is 5.33. The van der Waals surface area contributed by atoms with Crippen LogP contribution >= 0.6 is 0 Å². The second-order valence-electron chi connectivity index (χ2n) is 5.33. The smallest absolute Gasteiger partial charge is 0.396 e. The largest absolute Gasteiger partial charge is 0.418 e. The number of alkyl halides is 3. The Balaban J connectivity index is 2.09. The van der Waals surface area contributed by atoms with Gasteiger partial charge in [-0.2, -0.15) is 13.2 Å². The molecule has 1 saturated heterocycles. The fourth-order valence-electron chi connectivity index (χ4n) is 2.76. The maximum Gasteiger partial charge on any atom is 0.418 e. The summed E-state index contributed by atoms with van der Waals surface area (Å²) in [5.74, 6) is 0. The van der Waals surface area contributed by atoms with Gasteiger partial charge in [0, 0.05) is 19.2 Å². The Kier molecular flexibility index (Phi) is 5.28. The Bertz CT molecular complexity index is 520. The van der Waals surface area contributed by atoms with Gasteiger partial charge in [-0.1, -0.05) is 12.1 Å². The van der Waals surface area contributed by atoms with Gasteiger partial charge in [0.15, 0.2) is 0 Å². The number of aliphatic hydroxyl groups excluding tert-OH is 1. The molecule has 2 N–H and O–H groups in total. The van der Waals surface area contributed by atoms with E-state index in [1.807, 2.05) is 0 Å². The predicted molar refractivity (Wildman–Crippen MR) is 76.5 cm³/mol. The number of para-hydroxylation sites is 1. The van der Waals surface area contributed by atoms with E-state index in [0.29, 0.717) is 19.4 Å². The summed E-state index contributed by atoms with van der Waals surface area (Å²) in [7, 11) is 0. The van der Waals surface area contributed by atoms with E-state index in [0.717, 1.165) is 18.9 Å². The molecule has 0 bridgehead atoms. The van der Waals surface area contributed by atoms with Crippen molar-refractivity contribution in [1.29, 1.82) is 0 Å². The Morgan fingerprint density at radius 1 is 1.36 bits per heavy atom. The summed E-state index contributed by atoms with van der Waals surface area (Å²) >= 11 is 0. The lowest BCUT2D eigenvalue weighted by molar-refractivity contribution is -0.136. The highest BCUT2D eigenvalue weighted by Gasteiger charge is 2.35. The van der Waals surface area contributed by atoms with Gasteiger partial charge in [0.25, 0.3) is 0 Å². The molecule has 1 unspecified atom stereocenters. The number of urea groups is 1. The minimum Gasteiger partial charge on any atom is -0.396 e. The van der Waals surface area contributed by atoms with Gasteiger partial charge in [0.1, 0.15) is 0 Å². The lowest BCUT2D eigenvalue weighted by Crippen LogP contribution is -2.39. The van der Waals surface area contributed by atoms with Crippen LogP contribution in [-0.2, 0) is 6.18 Å². The molecule has 1 aromatic carbocycles. The molecule has 0 aromatic heterocycles. The highest BCUT2D eigenvalue weighted by molar-refractivity contribution is 5.90. The Morgan fingerprint density at radius 2 is 2.09 bits per heavy atom. The first-order valence-corrected chi connectivity index (χ1v) is 7.28. The molecular weight excluding hydrogens is 297 g/mol. The van der Waals surface area contributed by atoms with Crippen molar-refractivity contribution in [3.8, 4) is 0 Å². The number of likely N-dealkylation sites (tertiary alicyclic amines) is 1. The third kappa shape index (κ3) is 3.91. The molecule has 1 heterocycles. The molecular formula is C15H19F3N2O2. The molecule has 22 heavy (non-hydrogen) atoms. The van der Waals surface area contributed by atoms with Crippen molar-refractivity contribution >= 4 is 11.7 Å². The monoisotopic (exact) mass is 316 g/mol. The summed E-state index contributed by atoms with van der Waals surface area (Å²) in [6, 6.07) is 4.40. The van der Waals surface area contributed by atoms with E-state index in [2.05, 4.69) is 5.32 Å². The van der Waals surface area contributed by atoms with E-state index < -0.39 is 17.8 Å². The van der Waals surface area contributed by atoms with Gasteiger partial charge in [0.2, 0.25) is 0 Å². The van der Waals surface area contributed by atoms with Gasteiger partial charge in [-0.05, 0) is 37.8 Å². The van der Waals surface area contributed by atoms with Crippen LogP contribution < -0.4 is 5.32 Å². The number of nitrogens with one attached hydrogen (secondary N) is 1. The normalized spacial score (nSPS) is 18.5. The van der Waals surface area contributed by atoms with Crippen LogP contribution in [-0.4, -0.2) is 35.2 Å². The summed E-state index contributed by atoms with van der Waals surface area (Å²) < 4.78 is 38.8. The SMILES string of the molecule is O=C(Nc1ccccc1C(F)(F)F)N1CCCC1CCCO. The highest BCUT2D eigenvalue weighted by Crippen LogP contribution is 2.35. The molecule has 0 aliphatic carbocycles. The zero-order valence-corrected chi connectivity index (χ0v) is 12.1. The van der Waals surface area contributed by atoms with Crippen LogP contribution in [0.2, 0.25) is 0 Å². The van der Waals surface area contributed by atoms with Gasteiger partial charge >= 0.3 is 12.2 Å². The highest BCUT2D eigenvalue weighted by atomic mass is 19.4. The topological polar surface area (TPSA) is 52.6 Å². The summed E-state index contributed by atoms with van der Waals surface area (Å²) in [4.78, 5) is 13.8.